The average Bonchev–Trinajstić information content (AvgIpc) is 2.96. The zero-order chi connectivity index (χ0) is 15.7. The largest absolute Gasteiger partial charge is 0.236 e. The third kappa shape index (κ3) is 2.52. The Kier molecular flexibility index (Phi) is 3.53. The topological polar surface area (TPSA) is 67.4 Å². The highest BCUT2D eigenvalue weighted by molar-refractivity contribution is 6.31. The highest BCUT2D eigenvalue weighted by atomic mass is 35.5. The van der Waals surface area contributed by atoms with E-state index in [1.165, 1.54) is 29.2 Å². The van der Waals surface area contributed by atoms with Crippen LogP contribution in [0, 0.1) is 23.0 Å². The lowest BCUT2D eigenvalue weighted by molar-refractivity contribution is 0.626. The van der Waals surface area contributed by atoms with Crippen molar-refractivity contribution in [1.82, 2.24) is 19.7 Å². The van der Waals surface area contributed by atoms with Crippen LogP contribution in [-0.2, 0) is 0 Å². The van der Waals surface area contributed by atoms with Crippen LogP contribution in [0.5, 0.6) is 0 Å². The fourth-order valence-corrected chi connectivity index (χ4v) is 2.11. The number of aromatic nitrogens is 4. The van der Waals surface area contributed by atoms with Crippen molar-refractivity contribution in [2.75, 3.05) is 0 Å². The molecule has 0 N–H and O–H groups in total. The third-order valence-corrected chi connectivity index (χ3v) is 3.15. The molecule has 3 aromatic rings. The van der Waals surface area contributed by atoms with Crippen LogP contribution in [0.2, 0.25) is 5.02 Å². The van der Waals surface area contributed by atoms with E-state index in [-0.39, 0.29) is 27.7 Å². The maximum absolute atomic E-state index is 14.2. The predicted molar refractivity (Wildman–Crippen MR) is 74.2 cm³/mol. The molecule has 2 aromatic heterocycles. The van der Waals surface area contributed by atoms with Crippen molar-refractivity contribution in [3.8, 4) is 23.1 Å². The Hall–Kier alpha value is -2.85. The molecule has 5 nitrogen and oxygen atoms in total. The minimum Gasteiger partial charge on any atom is -0.236 e. The van der Waals surface area contributed by atoms with Gasteiger partial charge in [-0.1, -0.05) is 11.6 Å². The Morgan fingerprint density at radius 1 is 1.18 bits per heavy atom. The van der Waals surface area contributed by atoms with E-state index >= 15 is 0 Å². The van der Waals surface area contributed by atoms with E-state index < -0.39 is 11.6 Å². The lowest BCUT2D eigenvalue weighted by Crippen LogP contribution is -2.00. The number of nitrogens with zero attached hydrogens (tertiary/aromatic N) is 5. The number of benzene rings is 1. The molecule has 0 spiro atoms. The van der Waals surface area contributed by atoms with Crippen molar-refractivity contribution in [3.63, 3.8) is 0 Å². The summed E-state index contributed by atoms with van der Waals surface area (Å²) in [5, 5.41) is 12.5. The minimum absolute atomic E-state index is 0.0559. The van der Waals surface area contributed by atoms with Crippen molar-refractivity contribution < 1.29 is 8.78 Å². The summed E-state index contributed by atoms with van der Waals surface area (Å²) in [6.07, 6.45) is 3.34. The molecule has 108 valence electrons. The van der Waals surface area contributed by atoms with Gasteiger partial charge in [-0.25, -0.2) is 23.4 Å². The molecule has 0 aliphatic carbocycles. The maximum atomic E-state index is 14.2. The van der Waals surface area contributed by atoms with Crippen molar-refractivity contribution >= 4 is 11.6 Å². The van der Waals surface area contributed by atoms with Gasteiger partial charge in [0.1, 0.15) is 6.33 Å². The minimum atomic E-state index is -0.697. The van der Waals surface area contributed by atoms with E-state index in [9.17, 15) is 8.78 Å². The number of hydrogen-bond donors (Lipinski definition) is 0. The molecule has 0 aliphatic rings. The van der Waals surface area contributed by atoms with E-state index in [0.717, 1.165) is 12.4 Å². The molecule has 0 saturated heterocycles. The summed E-state index contributed by atoms with van der Waals surface area (Å²) in [5.74, 6) is -0.968. The highest BCUT2D eigenvalue weighted by Crippen LogP contribution is 2.28. The van der Waals surface area contributed by atoms with Crippen LogP contribution >= 0.6 is 11.6 Å². The van der Waals surface area contributed by atoms with Crippen molar-refractivity contribution in [3.05, 3.63) is 59.1 Å². The molecular weight excluding hydrogens is 312 g/mol. The lowest BCUT2D eigenvalue weighted by Gasteiger charge is -2.06. The summed E-state index contributed by atoms with van der Waals surface area (Å²) in [6, 6.07) is 5.87. The van der Waals surface area contributed by atoms with E-state index in [0.29, 0.717) is 0 Å². The summed E-state index contributed by atoms with van der Waals surface area (Å²) in [5.41, 5.74) is 0.462. The second kappa shape index (κ2) is 5.50. The molecule has 0 unspecified atom stereocenters. The summed E-state index contributed by atoms with van der Waals surface area (Å²) in [4.78, 5) is 7.91. The first-order valence-corrected chi connectivity index (χ1v) is 6.38. The van der Waals surface area contributed by atoms with E-state index in [4.69, 9.17) is 16.9 Å². The maximum Gasteiger partial charge on any atom is 0.161 e. The Morgan fingerprint density at radius 3 is 2.68 bits per heavy atom. The second-order valence-electron chi connectivity index (χ2n) is 4.30. The van der Waals surface area contributed by atoms with Gasteiger partial charge in [0.15, 0.2) is 17.5 Å². The summed E-state index contributed by atoms with van der Waals surface area (Å²) in [7, 11) is 0. The number of nitriles is 1. The molecule has 2 heterocycles. The quantitative estimate of drug-likeness (QED) is 0.728. The van der Waals surface area contributed by atoms with Gasteiger partial charge in [-0.3, -0.25) is 0 Å². The highest BCUT2D eigenvalue weighted by Gasteiger charge is 2.14. The fraction of sp³-hybridized carbons (Fsp3) is 0. The van der Waals surface area contributed by atoms with Gasteiger partial charge < -0.3 is 0 Å². The smallest absolute Gasteiger partial charge is 0.161 e. The first-order chi connectivity index (χ1) is 10.6. The van der Waals surface area contributed by atoms with Gasteiger partial charge in [0.05, 0.1) is 34.7 Å². The zero-order valence-electron chi connectivity index (χ0n) is 10.8. The average molecular weight is 318 g/mol. The third-order valence-electron chi connectivity index (χ3n) is 2.87. The SMILES string of the molecule is N#Cc1cc(Cl)c(F)c(-c2cc(-n3cc(F)cn3)ncn2)c1. The Balaban J connectivity index is 2.14. The molecule has 0 radical (unpaired) electrons. The van der Waals surface area contributed by atoms with Crippen molar-refractivity contribution in [1.29, 1.82) is 5.26 Å². The standard InChI is InChI=1S/C14H6ClF2N5/c15-11-2-8(4-18)1-10(14(11)17)12-3-13(20-7-19-12)22-6-9(16)5-21-22/h1-3,5-7H. The molecule has 0 saturated carbocycles. The van der Waals surface area contributed by atoms with Crippen LogP contribution < -0.4 is 0 Å². The fourth-order valence-electron chi connectivity index (χ4n) is 1.89. The van der Waals surface area contributed by atoms with Gasteiger partial charge in [-0.15, -0.1) is 0 Å². The first kappa shape index (κ1) is 14.1. The van der Waals surface area contributed by atoms with Gasteiger partial charge in [0.2, 0.25) is 0 Å². The molecule has 0 fully saturated rings. The molecule has 1 aromatic carbocycles. The molecule has 8 heteroatoms. The van der Waals surface area contributed by atoms with Gasteiger partial charge >= 0.3 is 0 Å². The van der Waals surface area contributed by atoms with Crippen molar-refractivity contribution in [2.45, 2.75) is 0 Å². The van der Waals surface area contributed by atoms with Gasteiger partial charge in [-0.05, 0) is 12.1 Å². The van der Waals surface area contributed by atoms with Gasteiger partial charge in [0.25, 0.3) is 0 Å². The molecule has 3 rings (SSSR count). The monoisotopic (exact) mass is 317 g/mol. The van der Waals surface area contributed by atoms with Crippen LogP contribution in [0.4, 0.5) is 8.78 Å². The molecule has 0 amide bonds. The van der Waals surface area contributed by atoms with Crippen LogP contribution in [0.3, 0.4) is 0 Å². The van der Waals surface area contributed by atoms with Crippen LogP contribution in [-0.4, -0.2) is 19.7 Å². The predicted octanol–water partition coefficient (Wildman–Crippen LogP) is 3.13. The molecule has 0 atom stereocenters. The van der Waals surface area contributed by atoms with E-state index in [2.05, 4.69) is 15.1 Å². The summed E-state index contributed by atoms with van der Waals surface area (Å²) >= 11 is 5.77. The number of rotatable bonds is 2. The van der Waals surface area contributed by atoms with E-state index in [1.807, 2.05) is 6.07 Å². The molecule has 0 bridgehead atoms. The Morgan fingerprint density at radius 2 is 2.00 bits per heavy atom. The van der Waals surface area contributed by atoms with Crippen LogP contribution in [0.25, 0.3) is 17.1 Å². The van der Waals surface area contributed by atoms with Gasteiger partial charge in [-0.2, -0.15) is 10.4 Å². The second-order valence-corrected chi connectivity index (χ2v) is 4.70. The Labute approximate surface area is 128 Å². The van der Waals surface area contributed by atoms with Crippen LogP contribution in [0.1, 0.15) is 5.56 Å². The summed E-state index contributed by atoms with van der Waals surface area (Å²) < 4.78 is 28.4. The van der Waals surface area contributed by atoms with E-state index in [1.54, 1.807) is 0 Å². The Bertz CT molecular complexity index is 900. The lowest BCUT2D eigenvalue weighted by atomic mass is 10.1. The number of hydrogen-bond acceptors (Lipinski definition) is 4. The molecular formula is C14H6ClF2N5. The zero-order valence-corrected chi connectivity index (χ0v) is 11.6. The molecule has 22 heavy (non-hydrogen) atoms. The normalized spacial score (nSPS) is 10.5. The first-order valence-electron chi connectivity index (χ1n) is 6.00. The summed E-state index contributed by atoms with van der Waals surface area (Å²) in [6.45, 7) is 0. The van der Waals surface area contributed by atoms with Crippen molar-refractivity contribution in [2.24, 2.45) is 0 Å². The van der Waals surface area contributed by atoms with Crippen LogP contribution in [0.15, 0.2) is 36.9 Å². The number of halogens is 3. The molecule has 0 aliphatic heterocycles. The van der Waals surface area contributed by atoms with Gasteiger partial charge in [0, 0.05) is 11.6 Å².